The fraction of sp³-hybridized carbons (Fsp3) is 0.857. The van der Waals surface area contributed by atoms with Crippen LogP contribution in [-0.4, -0.2) is 50.5 Å². The second kappa shape index (κ2) is 6.46. The van der Waals surface area contributed by atoms with Gasteiger partial charge in [-0.15, -0.1) is 17.0 Å². The molecule has 0 saturated carbocycles. The van der Waals surface area contributed by atoms with Gasteiger partial charge >= 0.3 is 0 Å². The van der Waals surface area contributed by atoms with Crippen LogP contribution >= 0.6 is 17.0 Å². The van der Waals surface area contributed by atoms with Gasteiger partial charge in [0.1, 0.15) is 0 Å². The van der Waals surface area contributed by atoms with Gasteiger partial charge in [-0.05, 0) is 6.92 Å². The molecule has 0 aromatic heterocycles. The maximum absolute atomic E-state index is 4.29. The highest BCUT2D eigenvalue weighted by Gasteiger charge is 2.00. The van der Waals surface area contributed by atoms with Crippen LogP contribution in [0.5, 0.6) is 0 Å². The molecule has 0 heterocycles. The molecule has 0 amide bonds. The van der Waals surface area contributed by atoms with E-state index >= 15 is 0 Å². The lowest BCUT2D eigenvalue weighted by molar-refractivity contribution is 0.480. The Kier molecular flexibility index (Phi) is 7.84. The Morgan fingerprint density at radius 1 is 1.09 bits per heavy atom. The van der Waals surface area contributed by atoms with E-state index in [2.05, 4.69) is 4.99 Å². The number of guanidine groups is 1. The quantitative estimate of drug-likeness (QED) is 0.490. The topological polar surface area (TPSA) is 18.8 Å². The predicted molar refractivity (Wildman–Crippen MR) is 55.7 cm³/mol. The molecule has 0 N–H and O–H groups in total. The van der Waals surface area contributed by atoms with E-state index in [4.69, 9.17) is 0 Å². The summed E-state index contributed by atoms with van der Waals surface area (Å²) in [5, 5.41) is 0. The predicted octanol–water partition coefficient (Wildman–Crippen LogP) is 1.06. The second-order valence-electron chi connectivity index (χ2n) is 2.56. The molecule has 3 nitrogen and oxygen atoms in total. The first-order valence-electron chi connectivity index (χ1n) is 3.48. The highest BCUT2D eigenvalue weighted by molar-refractivity contribution is 8.93. The van der Waals surface area contributed by atoms with Gasteiger partial charge in [-0.1, -0.05) is 0 Å². The number of aliphatic imine (C=N–C) groups is 1. The summed E-state index contributed by atoms with van der Waals surface area (Å²) in [6.07, 6.45) is 0. The van der Waals surface area contributed by atoms with Crippen molar-refractivity contribution in [2.24, 2.45) is 4.99 Å². The maximum Gasteiger partial charge on any atom is 0.195 e. The van der Waals surface area contributed by atoms with Crippen molar-refractivity contribution < 1.29 is 0 Å². The zero-order valence-electron chi connectivity index (χ0n) is 7.96. The van der Waals surface area contributed by atoms with Crippen LogP contribution in [-0.2, 0) is 0 Å². The Bertz CT molecular complexity index is 111. The summed E-state index contributed by atoms with van der Waals surface area (Å²) in [4.78, 5) is 8.30. The van der Waals surface area contributed by atoms with Crippen LogP contribution in [0, 0.1) is 0 Å². The van der Waals surface area contributed by atoms with Crippen LogP contribution in [0.4, 0.5) is 0 Å². The van der Waals surface area contributed by atoms with Crippen LogP contribution in [0.25, 0.3) is 0 Å². The third-order valence-corrected chi connectivity index (χ3v) is 1.10. The molecule has 0 rings (SSSR count). The van der Waals surface area contributed by atoms with E-state index in [0.717, 1.165) is 12.5 Å². The summed E-state index contributed by atoms with van der Waals surface area (Å²) in [6.45, 7) is 2.87. The SMILES string of the molecule is Br.CCN=C(N(C)C)N(C)C. The average molecular weight is 224 g/mol. The molecule has 0 radical (unpaired) electrons. The third kappa shape index (κ3) is 5.07. The summed E-state index contributed by atoms with van der Waals surface area (Å²) in [5.74, 6) is 1.02. The monoisotopic (exact) mass is 223 g/mol. The fourth-order valence-electron chi connectivity index (χ4n) is 0.824. The van der Waals surface area contributed by atoms with Crippen LogP contribution < -0.4 is 0 Å². The molecule has 0 aliphatic carbocycles. The van der Waals surface area contributed by atoms with Gasteiger partial charge < -0.3 is 9.80 Å². The molecule has 0 spiro atoms. The number of nitrogens with zero attached hydrogens (tertiary/aromatic N) is 3. The highest BCUT2D eigenvalue weighted by atomic mass is 79.9. The number of hydrogen-bond donors (Lipinski definition) is 0. The van der Waals surface area contributed by atoms with Crippen molar-refractivity contribution in [2.45, 2.75) is 6.92 Å². The molecule has 11 heavy (non-hydrogen) atoms. The van der Waals surface area contributed by atoms with E-state index in [1.54, 1.807) is 0 Å². The summed E-state index contributed by atoms with van der Waals surface area (Å²) in [7, 11) is 7.98. The number of rotatable bonds is 1. The van der Waals surface area contributed by atoms with Gasteiger partial charge in [0.25, 0.3) is 0 Å². The van der Waals surface area contributed by atoms with Crippen molar-refractivity contribution in [1.29, 1.82) is 0 Å². The summed E-state index contributed by atoms with van der Waals surface area (Å²) < 4.78 is 0. The molecule has 0 aromatic carbocycles. The first-order valence-corrected chi connectivity index (χ1v) is 3.48. The number of halogens is 1. The molecule has 4 heteroatoms. The Labute approximate surface area is 79.9 Å². The van der Waals surface area contributed by atoms with Crippen molar-refractivity contribution in [3.63, 3.8) is 0 Å². The molecule has 0 aliphatic heterocycles. The van der Waals surface area contributed by atoms with Gasteiger partial charge in [0, 0.05) is 34.7 Å². The van der Waals surface area contributed by atoms with Crippen molar-refractivity contribution in [1.82, 2.24) is 9.80 Å². The highest BCUT2D eigenvalue weighted by Crippen LogP contribution is 1.87. The fourth-order valence-corrected chi connectivity index (χ4v) is 0.824. The lowest BCUT2D eigenvalue weighted by Crippen LogP contribution is -2.35. The first-order chi connectivity index (χ1) is 4.59. The van der Waals surface area contributed by atoms with E-state index in [-0.39, 0.29) is 17.0 Å². The molecule has 68 valence electrons. The van der Waals surface area contributed by atoms with E-state index in [0.29, 0.717) is 0 Å². The minimum atomic E-state index is 0. The molecule has 0 unspecified atom stereocenters. The summed E-state index contributed by atoms with van der Waals surface area (Å²) in [6, 6.07) is 0. The van der Waals surface area contributed by atoms with E-state index in [9.17, 15) is 0 Å². The van der Waals surface area contributed by atoms with Gasteiger partial charge in [0.05, 0.1) is 0 Å². The molecule has 0 atom stereocenters. The lowest BCUT2D eigenvalue weighted by Gasteiger charge is -2.22. The van der Waals surface area contributed by atoms with Gasteiger partial charge in [-0.3, -0.25) is 4.99 Å². The lowest BCUT2D eigenvalue weighted by atomic mass is 10.7. The normalized spacial score (nSPS) is 8.09. The van der Waals surface area contributed by atoms with Crippen LogP contribution in [0.15, 0.2) is 4.99 Å². The standard InChI is InChI=1S/C7H17N3.BrH/c1-6-8-7(9(2)3)10(4)5;/h6H2,1-5H3;1H. The van der Waals surface area contributed by atoms with Gasteiger partial charge in [0.15, 0.2) is 5.96 Å². The third-order valence-electron chi connectivity index (χ3n) is 1.10. The molecular weight excluding hydrogens is 206 g/mol. The number of hydrogen-bond acceptors (Lipinski definition) is 1. The molecule has 0 aromatic rings. The Morgan fingerprint density at radius 3 is 1.55 bits per heavy atom. The molecule has 0 bridgehead atoms. The van der Waals surface area contributed by atoms with E-state index in [1.807, 2.05) is 44.9 Å². The Morgan fingerprint density at radius 2 is 1.45 bits per heavy atom. The van der Waals surface area contributed by atoms with Crippen molar-refractivity contribution >= 4 is 22.9 Å². The zero-order chi connectivity index (χ0) is 8.15. The van der Waals surface area contributed by atoms with Gasteiger partial charge in [-0.25, -0.2) is 0 Å². The minimum absolute atomic E-state index is 0. The molecule has 0 aliphatic rings. The van der Waals surface area contributed by atoms with Crippen LogP contribution in [0.3, 0.4) is 0 Å². The maximum atomic E-state index is 4.29. The summed E-state index contributed by atoms with van der Waals surface area (Å²) in [5.41, 5.74) is 0. The molecule has 0 saturated heterocycles. The smallest absolute Gasteiger partial charge is 0.195 e. The van der Waals surface area contributed by atoms with Gasteiger partial charge in [0.2, 0.25) is 0 Å². The minimum Gasteiger partial charge on any atom is -0.349 e. The van der Waals surface area contributed by atoms with Crippen LogP contribution in [0.1, 0.15) is 6.92 Å². The van der Waals surface area contributed by atoms with Crippen molar-refractivity contribution in [3.05, 3.63) is 0 Å². The molecular formula is C7H18BrN3. The van der Waals surface area contributed by atoms with E-state index < -0.39 is 0 Å². The first kappa shape index (κ1) is 13.3. The van der Waals surface area contributed by atoms with Crippen molar-refractivity contribution in [3.8, 4) is 0 Å². The Balaban J connectivity index is 0. The summed E-state index contributed by atoms with van der Waals surface area (Å²) >= 11 is 0. The zero-order valence-corrected chi connectivity index (χ0v) is 9.67. The van der Waals surface area contributed by atoms with E-state index in [1.165, 1.54) is 0 Å². The van der Waals surface area contributed by atoms with Crippen molar-refractivity contribution in [2.75, 3.05) is 34.7 Å². The van der Waals surface area contributed by atoms with Crippen LogP contribution in [0.2, 0.25) is 0 Å². The average Bonchev–Trinajstić information content (AvgIpc) is 1.81. The largest absolute Gasteiger partial charge is 0.349 e. The van der Waals surface area contributed by atoms with Gasteiger partial charge in [-0.2, -0.15) is 0 Å². The Hall–Kier alpha value is -0.250. The second-order valence-corrected chi connectivity index (χ2v) is 2.56. The molecule has 0 fully saturated rings.